The fourth-order valence-corrected chi connectivity index (χ4v) is 5.26. The van der Waals surface area contributed by atoms with Gasteiger partial charge < -0.3 is 9.47 Å². The molecule has 0 bridgehead atoms. The van der Waals surface area contributed by atoms with Crippen molar-refractivity contribution in [3.63, 3.8) is 0 Å². The number of rotatable bonds is 6. The summed E-state index contributed by atoms with van der Waals surface area (Å²) >= 11 is 1.75. The molecule has 1 amide bonds. The van der Waals surface area contributed by atoms with E-state index < -0.39 is 0 Å². The van der Waals surface area contributed by atoms with Gasteiger partial charge in [0.2, 0.25) is 5.91 Å². The molecule has 0 radical (unpaired) electrons. The smallest absolute Gasteiger partial charge is 0.243 e. The van der Waals surface area contributed by atoms with Gasteiger partial charge in [0.15, 0.2) is 11.5 Å². The minimum Gasteiger partial charge on any atom is -0.490 e. The predicted octanol–water partition coefficient (Wildman–Crippen LogP) is 5.26. The number of hydrogen-bond donors (Lipinski definition) is 1. The van der Waals surface area contributed by atoms with Crippen molar-refractivity contribution < 1.29 is 14.3 Å². The van der Waals surface area contributed by atoms with Gasteiger partial charge in [-0.25, -0.2) is 5.43 Å². The Balaban J connectivity index is 1.93. The highest BCUT2D eigenvalue weighted by atomic mass is 32.1. The highest BCUT2D eigenvalue weighted by Gasteiger charge is 2.35. The van der Waals surface area contributed by atoms with Crippen LogP contribution < -0.4 is 14.9 Å². The molecule has 5 nitrogen and oxygen atoms in total. The van der Waals surface area contributed by atoms with Crippen LogP contribution in [0.1, 0.15) is 55.2 Å². The van der Waals surface area contributed by atoms with E-state index in [2.05, 4.69) is 48.7 Å². The molecule has 0 saturated carbocycles. The van der Waals surface area contributed by atoms with Crippen molar-refractivity contribution in [1.29, 1.82) is 0 Å². The third-order valence-electron chi connectivity index (χ3n) is 5.52. The molecule has 30 heavy (non-hydrogen) atoms. The van der Waals surface area contributed by atoms with Crippen LogP contribution in [0.25, 0.3) is 10.1 Å². The maximum atomic E-state index is 13.2. The summed E-state index contributed by atoms with van der Waals surface area (Å²) in [5, 5.41) is 2.85. The van der Waals surface area contributed by atoms with Crippen molar-refractivity contribution in [3.05, 3.63) is 58.5 Å². The van der Waals surface area contributed by atoms with Crippen LogP contribution in [0.2, 0.25) is 0 Å². The average molecular weight is 425 g/mol. The van der Waals surface area contributed by atoms with Gasteiger partial charge in [-0.3, -0.25) is 9.80 Å². The van der Waals surface area contributed by atoms with Crippen LogP contribution in [0.3, 0.4) is 0 Å². The quantitative estimate of drug-likeness (QED) is 0.587. The Hall–Kier alpha value is -2.57. The molecule has 2 aromatic carbocycles. The van der Waals surface area contributed by atoms with Gasteiger partial charge in [0.25, 0.3) is 0 Å². The van der Waals surface area contributed by atoms with Gasteiger partial charge in [0, 0.05) is 16.6 Å². The van der Waals surface area contributed by atoms with Gasteiger partial charge in [0.1, 0.15) is 0 Å². The molecule has 2 unspecified atom stereocenters. The van der Waals surface area contributed by atoms with Gasteiger partial charge in [-0.2, -0.15) is 0 Å². The van der Waals surface area contributed by atoms with Crippen LogP contribution in [0.15, 0.2) is 42.5 Å². The lowest BCUT2D eigenvalue weighted by Crippen LogP contribution is -2.41. The Kier molecular flexibility index (Phi) is 5.97. The molecule has 0 aliphatic carbocycles. The number of carbonyl (C=O) groups excluding carboxylic acids is 1. The van der Waals surface area contributed by atoms with E-state index in [1.807, 2.05) is 27.0 Å². The fraction of sp³-hybridized carbons (Fsp3) is 0.375. The minimum absolute atomic E-state index is 0.0639. The zero-order chi connectivity index (χ0) is 21.3. The summed E-state index contributed by atoms with van der Waals surface area (Å²) in [6.45, 7) is 7.07. The maximum Gasteiger partial charge on any atom is 0.243 e. The van der Waals surface area contributed by atoms with Crippen LogP contribution in [0.5, 0.6) is 11.5 Å². The van der Waals surface area contributed by atoms with Crippen LogP contribution in [0, 0.1) is 0 Å². The lowest BCUT2D eigenvalue weighted by Gasteiger charge is -2.23. The zero-order valence-corrected chi connectivity index (χ0v) is 18.7. The number of carbonyl (C=O) groups is 1. The van der Waals surface area contributed by atoms with Crippen LogP contribution in [-0.2, 0) is 4.79 Å². The summed E-state index contributed by atoms with van der Waals surface area (Å²) in [4.78, 5) is 14.3. The molecule has 158 valence electrons. The Labute approximate surface area is 181 Å². The fourth-order valence-electron chi connectivity index (χ4n) is 4.13. The number of nitrogens with zero attached hydrogens (tertiary/aromatic N) is 1. The largest absolute Gasteiger partial charge is 0.490 e. The van der Waals surface area contributed by atoms with Crippen LogP contribution >= 0.6 is 11.3 Å². The normalized spacial score (nSPS) is 18.9. The van der Waals surface area contributed by atoms with Crippen molar-refractivity contribution in [2.45, 2.75) is 39.2 Å². The first-order chi connectivity index (χ1) is 14.6. The Bertz CT molecular complexity index is 1030. The predicted molar refractivity (Wildman–Crippen MR) is 121 cm³/mol. The number of benzene rings is 2. The highest BCUT2D eigenvalue weighted by molar-refractivity contribution is 7.19. The number of amides is 1. The molecule has 2 heterocycles. The number of likely N-dealkylation sites (N-methyl/N-ethyl adjacent to an activating group) is 1. The van der Waals surface area contributed by atoms with E-state index in [1.54, 1.807) is 16.3 Å². The summed E-state index contributed by atoms with van der Waals surface area (Å²) in [7, 11) is 1.81. The van der Waals surface area contributed by atoms with E-state index in [-0.39, 0.29) is 17.9 Å². The molecule has 3 aromatic rings. The average Bonchev–Trinajstić information content (AvgIpc) is 3.14. The summed E-state index contributed by atoms with van der Waals surface area (Å²) in [6, 6.07) is 14.5. The third kappa shape index (κ3) is 3.66. The van der Waals surface area contributed by atoms with Gasteiger partial charge >= 0.3 is 0 Å². The summed E-state index contributed by atoms with van der Waals surface area (Å²) in [5.41, 5.74) is 5.52. The molecule has 2 atom stereocenters. The molecule has 0 saturated heterocycles. The molecular weight excluding hydrogens is 396 g/mol. The first-order valence-corrected chi connectivity index (χ1v) is 11.3. The summed E-state index contributed by atoms with van der Waals surface area (Å²) < 4.78 is 13.0. The molecule has 4 rings (SSSR count). The van der Waals surface area contributed by atoms with Crippen molar-refractivity contribution in [2.24, 2.45) is 0 Å². The second-order valence-corrected chi connectivity index (χ2v) is 8.52. The molecule has 0 fully saturated rings. The first kappa shape index (κ1) is 20.7. The number of hydrogen-bond acceptors (Lipinski definition) is 5. The third-order valence-corrected chi connectivity index (χ3v) is 6.71. The zero-order valence-electron chi connectivity index (χ0n) is 17.9. The molecule has 1 aromatic heterocycles. The molecule has 1 N–H and O–H groups in total. The summed E-state index contributed by atoms with van der Waals surface area (Å²) in [6.07, 6.45) is 0.719. The van der Waals surface area contributed by atoms with Gasteiger partial charge in [-0.1, -0.05) is 25.1 Å². The van der Waals surface area contributed by atoms with E-state index in [1.165, 1.54) is 15.0 Å². The molecule has 6 heteroatoms. The highest BCUT2D eigenvalue weighted by Crippen LogP contribution is 2.43. The summed E-state index contributed by atoms with van der Waals surface area (Å²) in [5.74, 6) is 1.25. The van der Waals surface area contributed by atoms with E-state index in [4.69, 9.17) is 9.47 Å². The lowest BCUT2D eigenvalue weighted by molar-refractivity contribution is -0.134. The number of ether oxygens (including phenoxy) is 2. The van der Waals surface area contributed by atoms with Crippen LogP contribution in [-0.4, -0.2) is 31.2 Å². The number of thiophene rings is 1. The van der Waals surface area contributed by atoms with E-state index in [0.717, 1.165) is 23.3 Å². The Morgan fingerprint density at radius 1 is 1.00 bits per heavy atom. The molecular formula is C24H28N2O3S. The van der Waals surface area contributed by atoms with Gasteiger partial charge in [-0.05, 0) is 61.0 Å². The molecule has 1 aliphatic heterocycles. The second kappa shape index (κ2) is 8.66. The Morgan fingerprint density at radius 2 is 1.67 bits per heavy atom. The second-order valence-electron chi connectivity index (χ2n) is 7.40. The van der Waals surface area contributed by atoms with E-state index in [0.29, 0.717) is 19.0 Å². The van der Waals surface area contributed by atoms with Crippen LogP contribution in [0.4, 0.5) is 0 Å². The van der Waals surface area contributed by atoms with Crippen molar-refractivity contribution >= 4 is 27.3 Å². The number of nitrogens with one attached hydrogen (secondary N) is 1. The van der Waals surface area contributed by atoms with Crippen molar-refractivity contribution in [3.8, 4) is 11.5 Å². The monoisotopic (exact) mass is 424 g/mol. The Morgan fingerprint density at radius 3 is 2.30 bits per heavy atom. The van der Waals surface area contributed by atoms with E-state index in [9.17, 15) is 4.79 Å². The standard InChI is InChI=1S/C24H28N2O3S/c1-5-16-17-13-19(28-6-2)20(29-7-3)14-18(17)23(25-26(4)24(16)27)22-12-15-10-8-9-11-21(15)30-22/h8-14,16,23,25H,5-7H2,1-4H3. The van der Waals surface area contributed by atoms with E-state index >= 15 is 0 Å². The molecule has 1 aliphatic rings. The number of hydrazine groups is 1. The minimum atomic E-state index is -0.230. The van der Waals surface area contributed by atoms with Crippen molar-refractivity contribution in [1.82, 2.24) is 10.4 Å². The van der Waals surface area contributed by atoms with Crippen molar-refractivity contribution in [2.75, 3.05) is 20.3 Å². The lowest BCUT2D eigenvalue weighted by atomic mass is 9.88. The van der Waals surface area contributed by atoms with Gasteiger partial charge in [-0.15, -0.1) is 11.3 Å². The first-order valence-electron chi connectivity index (χ1n) is 10.5. The number of fused-ring (bicyclic) bond motifs is 2. The topological polar surface area (TPSA) is 50.8 Å². The van der Waals surface area contributed by atoms with Gasteiger partial charge in [0.05, 0.1) is 25.2 Å². The maximum absolute atomic E-state index is 13.2. The molecule has 0 spiro atoms. The SMILES string of the molecule is CCOc1cc2c(cc1OCC)C(c1cc3ccccc3s1)NN(C)C(=O)C2CC.